The summed E-state index contributed by atoms with van der Waals surface area (Å²) >= 11 is 0. The first-order valence-electron chi connectivity index (χ1n) is 9.84. The van der Waals surface area contributed by atoms with E-state index in [-0.39, 0.29) is 30.1 Å². The zero-order valence-electron chi connectivity index (χ0n) is 17.4. The molecule has 0 radical (unpaired) electrons. The van der Waals surface area contributed by atoms with E-state index in [9.17, 15) is 0 Å². The van der Waals surface area contributed by atoms with Crippen LogP contribution in [-0.2, 0) is 24.3 Å². The molecular weight excluding hydrogens is 475 g/mol. The Morgan fingerprint density at radius 3 is 2.66 bits per heavy atom. The normalized spacial score (nSPS) is 11.5. The molecule has 29 heavy (non-hydrogen) atoms. The second kappa shape index (κ2) is 11.8. The van der Waals surface area contributed by atoms with Gasteiger partial charge >= 0.3 is 0 Å². The summed E-state index contributed by atoms with van der Waals surface area (Å²) in [5, 5.41) is 8.07. The van der Waals surface area contributed by atoms with E-state index in [1.807, 2.05) is 0 Å². The summed E-state index contributed by atoms with van der Waals surface area (Å²) in [6, 6.07) is 16.9. The molecule has 0 saturated heterocycles. The van der Waals surface area contributed by atoms with Gasteiger partial charge in [0.15, 0.2) is 5.96 Å². The second-order valence-electron chi connectivity index (χ2n) is 7.14. The molecule has 0 aliphatic rings. The Morgan fingerprint density at radius 2 is 1.86 bits per heavy atom. The molecule has 0 unspecified atom stereocenters. The van der Waals surface area contributed by atoms with Crippen molar-refractivity contribution < 1.29 is 4.74 Å². The van der Waals surface area contributed by atoms with Gasteiger partial charge in [-0.05, 0) is 43.0 Å². The number of nitrogens with one attached hydrogen (secondary N) is 3. The lowest BCUT2D eigenvalue weighted by molar-refractivity contribution is 0.0657. The summed E-state index contributed by atoms with van der Waals surface area (Å²) in [6.45, 7) is 6.30. The Morgan fingerprint density at radius 1 is 1.07 bits per heavy atom. The minimum Gasteiger partial charge on any atom is -0.374 e. The maximum absolute atomic E-state index is 5.69. The molecule has 6 heteroatoms. The number of hydrogen-bond donors (Lipinski definition) is 3. The number of aromatic nitrogens is 1. The number of hydrogen-bond acceptors (Lipinski definition) is 2. The Bertz CT molecular complexity index is 920. The molecule has 0 fully saturated rings. The van der Waals surface area contributed by atoms with Crippen molar-refractivity contribution >= 4 is 40.8 Å². The fraction of sp³-hybridized carbons (Fsp3) is 0.348. The van der Waals surface area contributed by atoms with Gasteiger partial charge in [0.25, 0.3) is 0 Å². The van der Waals surface area contributed by atoms with Crippen molar-refractivity contribution in [3.05, 3.63) is 71.4 Å². The first-order valence-corrected chi connectivity index (χ1v) is 9.84. The summed E-state index contributed by atoms with van der Waals surface area (Å²) in [7, 11) is 1.80. The van der Waals surface area contributed by atoms with Gasteiger partial charge in [-0.2, -0.15) is 0 Å². The molecule has 1 aromatic heterocycles. The van der Waals surface area contributed by atoms with Gasteiger partial charge < -0.3 is 20.4 Å². The smallest absolute Gasteiger partial charge is 0.191 e. The molecule has 0 amide bonds. The average Bonchev–Trinajstić information content (AvgIpc) is 3.12. The molecule has 156 valence electrons. The largest absolute Gasteiger partial charge is 0.374 e. The standard InChI is InChI=1S/C23H30N4O.HI/c1-17(2)28-16-19-8-6-7-18(13-19)14-27-23(24-3)25-12-11-20-15-26-22-10-5-4-9-21(20)22;/h4-10,13,15,17,26H,11-12,14,16H2,1-3H3,(H2,24,25,27);1H. The molecule has 3 N–H and O–H groups in total. The first-order chi connectivity index (χ1) is 13.7. The summed E-state index contributed by atoms with van der Waals surface area (Å²) in [6.07, 6.45) is 3.27. The van der Waals surface area contributed by atoms with Crippen molar-refractivity contribution in [2.24, 2.45) is 4.99 Å². The monoisotopic (exact) mass is 506 g/mol. The van der Waals surface area contributed by atoms with Gasteiger partial charge in [-0.1, -0.05) is 42.5 Å². The summed E-state index contributed by atoms with van der Waals surface area (Å²) < 4.78 is 5.69. The number of benzene rings is 2. The van der Waals surface area contributed by atoms with Gasteiger partial charge in [0.05, 0.1) is 12.7 Å². The molecule has 3 aromatic rings. The van der Waals surface area contributed by atoms with Gasteiger partial charge in [-0.25, -0.2) is 0 Å². The van der Waals surface area contributed by atoms with Gasteiger partial charge in [0, 0.05) is 37.2 Å². The molecule has 0 aliphatic carbocycles. The van der Waals surface area contributed by atoms with Gasteiger partial charge in [-0.15, -0.1) is 24.0 Å². The Balaban J connectivity index is 0.00000300. The lowest BCUT2D eigenvalue weighted by atomic mass is 10.1. The fourth-order valence-electron chi connectivity index (χ4n) is 3.15. The number of nitrogens with zero attached hydrogens (tertiary/aromatic N) is 1. The predicted molar refractivity (Wildman–Crippen MR) is 132 cm³/mol. The third kappa shape index (κ3) is 7.04. The lowest BCUT2D eigenvalue weighted by Crippen LogP contribution is -2.37. The third-order valence-corrected chi connectivity index (χ3v) is 4.62. The summed E-state index contributed by atoms with van der Waals surface area (Å²) in [4.78, 5) is 7.65. The number of aromatic amines is 1. The van der Waals surface area contributed by atoms with Crippen LogP contribution in [0.15, 0.2) is 59.7 Å². The molecule has 3 rings (SSSR count). The van der Waals surface area contributed by atoms with E-state index in [1.54, 1.807) is 7.05 Å². The van der Waals surface area contributed by atoms with Crippen LogP contribution >= 0.6 is 24.0 Å². The van der Waals surface area contributed by atoms with Crippen LogP contribution in [0.1, 0.15) is 30.5 Å². The highest BCUT2D eigenvalue weighted by Crippen LogP contribution is 2.17. The summed E-state index contributed by atoms with van der Waals surface area (Å²) in [5.41, 5.74) is 4.90. The zero-order chi connectivity index (χ0) is 19.8. The van der Waals surface area contributed by atoms with E-state index in [0.717, 1.165) is 25.5 Å². The second-order valence-corrected chi connectivity index (χ2v) is 7.14. The van der Waals surface area contributed by atoms with Gasteiger partial charge in [0.2, 0.25) is 0 Å². The van der Waals surface area contributed by atoms with E-state index >= 15 is 0 Å². The Kier molecular flexibility index (Phi) is 9.47. The SMILES string of the molecule is CN=C(NCCc1c[nH]c2ccccc12)NCc1cccc(COC(C)C)c1.I. The maximum Gasteiger partial charge on any atom is 0.191 e. The molecule has 0 atom stereocenters. The highest BCUT2D eigenvalue weighted by molar-refractivity contribution is 14.0. The van der Waals surface area contributed by atoms with Crippen LogP contribution in [0.3, 0.4) is 0 Å². The van der Waals surface area contributed by atoms with Gasteiger partial charge in [-0.3, -0.25) is 4.99 Å². The molecule has 0 bridgehead atoms. The van der Waals surface area contributed by atoms with Crippen molar-refractivity contribution in [2.45, 2.75) is 39.5 Å². The quantitative estimate of drug-likeness (QED) is 0.238. The number of fused-ring (bicyclic) bond motifs is 1. The third-order valence-electron chi connectivity index (χ3n) is 4.62. The topological polar surface area (TPSA) is 61.4 Å². The van der Waals surface area contributed by atoms with E-state index in [1.165, 1.54) is 27.6 Å². The molecule has 0 saturated carbocycles. The lowest BCUT2D eigenvalue weighted by Gasteiger charge is -2.13. The number of para-hydroxylation sites is 1. The predicted octanol–water partition coefficient (Wildman–Crippen LogP) is 4.62. The van der Waals surface area contributed by atoms with Crippen LogP contribution in [0.2, 0.25) is 0 Å². The molecule has 1 heterocycles. The minimum atomic E-state index is 0. The number of guanidine groups is 1. The van der Waals surface area contributed by atoms with Crippen LogP contribution < -0.4 is 10.6 Å². The van der Waals surface area contributed by atoms with E-state index in [0.29, 0.717) is 6.61 Å². The van der Waals surface area contributed by atoms with Crippen LogP contribution in [0.4, 0.5) is 0 Å². The van der Waals surface area contributed by atoms with Crippen molar-refractivity contribution in [1.29, 1.82) is 0 Å². The van der Waals surface area contributed by atoms with E-state index in [4.69, 9.17) is 4.74 Å². The van der Waals surface area contributed by atoms with E-state index < -0.39 is 0 Å². The van der Waals surface area contributed by atoms with Crippen molar-refractivity contribution in [2.75, 3.05) is 13.6 Å². The molecule has 5 nitrogen and oxygen atoms in total. The fourth-order valence-corrected chi connectivity index (χ4v) is 3.15. The Labute approximate surface area is 190 Å². The van der Waals surface area contributed by atoms with E-state index in [2.05, 4.69) is 89.2 Å². The zero-order valence-corrected chi connectivity index (χ0v) is 19.7. The highest BCUT2D eigenvalue weighted by atomic mass is 127. The Hall–Kier alpha value is -2.06. The van der Waals surface area contributed by atoms with Gasteiger partial charge in [0.1, 0.15) is 0 Å². The first kappa shape index (κ1) is 23.2. The maximum atomic E-state index is 5.69. The molecular formula is C23H31IN4O. The molecule has 2 aromatic carbocycles. The van der Waals surface area contributed by atoms with Crippen molar-refractivity contribution in [1.82, 2.24) is 15.6 Å². The average molecular weight is 506 g/mol. The van der Waals surface area contributed by atoms with Crippen LogP contribution in [0.25, 0.3) is 10.9 Å². The van der Waals surface area contributed by atoms with Crippen molar-refractivity contribution in [3.63, 3.8) is 0 Å². The van der Waals surface area contributed by atoms with Crippen molar-refractivity contribution in [3.8, 4) is 0 Å². The summed E-state index contributed by atoms with van der Waals surface area (Å²) in [5.74, 6) is 0.809. The number of rotatable bonds is 8. The van der Waals surface area contributed by atoms with Crippen LogP contribution in [-0.4, -0.2) is 30.6 Å². The van der Waals surface area contributed by atoms with Crippen LogP contribution in [0, 0.1) is 0 Å². The number of H-pyrrole nitrogens is 1. The number of halogens is 1. The number of ether oxygens (including phenoxy) is 1. The highest BCUT2D eigenvalue weighted by Gasteiger charge is 2.04. The minimum absolute atomic E-state index is 0. The number of aliphatic imine (C=N–C) groups is 1. The molecule has 0 aliphatic heterocycles. The van der Waals surface area contributed by atoms with Crippen LogP contribution in [0.5, 0.6) is 0 Å². The molecule has 0 spiro atoms.